The molecule has 1 aliphatic rings. The van der Waals surface area contributed by atoms with E-state index in [2.05, 4.69) is 14.8 Å². The first-order chi connectivity index (χ1) is 20.0. The molecule has 2 aromatic carbocycles. The van der Waals surface area contributed by atoms with E-state index in [1.54, 1.807) is 19.7 Å². The average Bonchev–Trinajstić information content (AvgIpc) is 3.44. The molecule has 1 saturated heterocycles. The summed E-state index contributed by atoms with van der Waals surface area (Å²) in [6.07, 6.45) is -11.8. The van der Waals surface area contributed by atoms with Crippen LogP contribution in [-0.2, 0) is 30.3 Å². The maximum Gasteiger partial charge on any atom is 0.499 e. The van der Waals surface area contributed by atoms with E-state index in [1.807, 2.05) is 38.1 Å². The summed E-state index contributed by atoms with van der Waals surface area (Å²) in [7, 11) is 3.17. The number of benzene rings is 2. The minimum Gasteiger partial charge on any atom is -1.00 e. The average molecular weight is 639 g/mol. The zero-order chi connectivity index (χ0) is 30.5. The Bertz CT molecular complexity index is 1280. The van der Waals surface area contributed by atoms with Gasteiger partial charge in [-0.05, 0) is 38.1 Å². The van der Waals surface area contributed by atoms with E-state index < -0.39 is 30.4 Å². The Morgan fingerprint density at radius 1 is 0.930 bits per heavy atom. The standard InChI is InChI=1S/C27H31F5N4O6.ClH/c1-5-39-22-21(37-3)16(2)40-25(23(22)38-4)42-34-14-17-6-8-18(9-7-17)24-33-15-36(35-24)19-10-12-20(13-11-19)41-27(31,32)26(28,29)30;/h6-13,15-16,21-23,25,34H,5,14H2,1-4H3;1H/t16-,21-,22+,23+,25-;/m0./s1. The molecule has 1 aromatic heterocycles. The molecule has 0 radical (unpaired) electrons. The van der Waals surface area contributed by atoms with Gasteiger partial charge in [0.15, 0.2) is 5.82 Å². The van der Waals surface area contributed by atoms with Crippen LogP contribution in [0.1, 0.15) is 19.4 Å². The van der Waals surface area contributed by atoms with Crippen molar-refractivity contribution in [2.24, 2.45) is 0 Å². The summed E-state index contributed by atoms with van der Waals surface area (Å²) in [6.45, 7) is 4.75. The van der Waals surface area contributed by atoms with Crippen molar-refractivity contribution in [1.82, 2.24) is 14.8 Å². The summed E-state index contributed by atoms with van der Waals surface area (Å²) in [5.41, 5.74) is 3.67. The number of halogens is 6. The van der Waals surface area contributed by atoms with E-state index >= 15 is 0 Å². The number of hydrogen-bond acceptors (Lipinski definition) is 8. The van der Waals surface area contributed by atoms with Crippen molar-refractivity contribution < 1.29 is 68.4 Å². The highest BCUT2D eigenvalue weighted by Gasteiger charge is 2.61. The maximum atomic E-state index is 13.1. The van der Waals surface area contributed by atoms with Gasteiger partial charge in [0.25, 0.3) is 0 Å². The Labute approximate surface area is 250 Å². The summed E-state index contributed by atoms with van der Waals surface area (Å²) in [6, 6.07) is 12.0. The quantitative estimate of drug-likeness (QED) is 0.228. The lowest BCUT2D eigenvalue weighted by Gasteiger charge is -2.42. The van der Waals surface area contributed by atoms with Gasteiger partial charge in [0.1, 0.15) is 36.9 Å². The highest BCUT2D eigenvalue weighted by Crippen LogP contribution is 2.37. The molecule has 2 N–H and O–H groups in total. The van der Waals surface area contributed by atoms with Gasteiger partial charge < -0.3 is 36.1 Å². The number of nitrogens with zero attached hydrogens (tertiary/aromatic N) is 3. The van der Waals surface area contributed by atoms with Crippen LogP contribution in [0.15, 0.2) is 54.9 Å². The van der Waals surface area contributed by atoms with Crippen LogP contribution in [0.2, 0.25) is 0 Å². The van der Waals surface area contributed by atoms with Crippen molar-refractivity contribution in [2.75, 3.05) is 20.8 Å². The zero-order valence-corrected chi connectivity index (χ0v) is 24.4. The van der Waals surface area contributed by atoms with Gasteiger partial charge in [-0.15, -0.1) is 5.10 Å². The van der Waals surface area contributed by atoms with Crippen LogP contribution in [0.3, 0.4) is 0 Å². The molecule has 0 bridgehead atoms. The molecule has 4 rings (SSSR count). The van der Waals surface area contributed by atoms with Gasteiger partial charge in [-0.2, -0.15) is 32.3 Å². The fourth-order valence-electron chi connectivity index (χ4n) is 4.46. The van der Waals surface area contributed by atoms with Gasteiger partial charge in [0.05, 0.1) is 11.8 Å². The fourth-order valence-corrected chi connectivity index (χ4v) is 4.46. The van der Waals surface area contributed by atoms with Crippen LogP contribution in [0.4, 0.5) is 22.0 Å². The van der Waals surface area contributed by atoms with Crippen LogP contribution in [0, 0.1) is 0 Å². The Morgan fingerprint density at radius 3 is 2.16 bits per heavy atom. The van der Waals surface area contributed by atoms with Gasteiger partial charge in [-0.25, -0.2) is 9.67 Å². The molecule has 1 aliphatic heterocycles. The topological polar surface area (TPSA) is 103 Å². The highest BCUT2D eigenvalue weighted by molar-refractivity contribution is 5.55. The number of hydrogen-bond donors (Lipinski definition) is 1. The van der Waals surface area contributed by atoms with E-state index in [4.69, 9.17) is 23.8 Å². The lowest BCUT2D eigenvalue weighted by atomic mass is 9.99. The molecular weight excluding hydrogens is 607 g/mol. The van der Waals surface area contributed by atoms with Crippen molar-refractivity contribution in [3.05, 3.63) is 60.4 Å². The van der Waals surface area contributed by atoms with E-state index in [0.29, 0.717) is 30.2 Å². The molecule has 0 aliphatic carbocycles. The Morgan fingerprint density at radius 2 is 1.58 bits per heavy atom. The minimum atomic E-state index is -5.83. The van der Waals surface area contributed by atoms with Crippen LogP contribution in [-0.4, -0.2) is 78.6 Å². The first kappa shape index (κ1) is 34.6. The molecule has 1 fully saturated rings. The Balaban J connectivity index is 0.00000506. The van der Waals surface area contributed by atoms with Crippen molar-refractivity contribution in [3.8, 4) is 22.8 Å². The van der Waals surface area contributed by atoms with Crippen molar-refractivity contribution in [2.45, 2.75) is 63.4 Å². The third-order valence-electron chi connectivity index (χ3n) is 6.56. The van der Waals surface area contributed by atoms with Gasteiger partial charge in [0, 0.05) is 32.0 Å². The summed E-state index contributed by atoms with van der Waals surface area (Å²) in [5, 5.41) is 4.36. The number of nitrogens with two attached hydrogens (primary N) is 1. The molecular formula is C27H32ClF5N4O6. The molecule has 3 aromatic rings. The predicted molar refractivity (Wildman–Crippen MR) is 136 cm³/mol. The first-order valence-corrected chi connectivity index (χ1v) is 13.0. The van der Waals surface area contributed by atoms with Crippen LogP contribution in [0.25, 0.3) is 17.1 Å². The number of hydroxylamine groups is 1. The molecule has 10 nitrogen and oxygen atoms in total. The van der Waals surface area contributed by atoms with E-state index in [-0.39, 0.29) is 30.7 Å². The smallest absolute Gasteiger partial charge is 0.499 e. The minimum absolute atomic E-state index is 0. The van der Waals surface area contributed by atoms with Crippen molar-refractivity contribution in [3.63, 3.8) is 0 Å². The summed E-state index contributed by atoms with van der Waals surface area (Å²) in [5.74, 6) is -0.263. The van der Waals surface area contributed by atoms with Gasteiger partial charge in [-0.1, -0.05) is 24.3 Å². The maximum absolute atomic E-state index is 13.1. The molecule has 2 heterocycles. The van der Waals surface area contributed by atoms with Gasteiger partial charge in [-0.3, -0.25) is 0 Å². The number of ether oxygens (including phenoxy) is 5. The number of methoxy groups -OCH3 is 2. The zero-order valence-electron chi connectivity index (χ0n) is 23.6. The monoisotopic (exact) mass is 638 g/mol. The molecule has 0 unspecified atom stereocenters. The Kier molecular flexibility index (Phi) is 11.8. The number of quaternary nitrogens is 1. The largest absolute Gasteiger partial charge is 1.00 e. The molecule has 43 heavy (non-hydrogen) atoms. The Hall–Kier alpha value is -2.92. The number of rotatable bonds is 12. The predicted octanol–water partition coefficient (Wildman–Crippen LogP) is 0.647. The molecule has 238 valence electrons. The molecule has 0 amide bonds. The number of aromatic nitrogens is 3. The van der Waals surface area contributed by atoms with E-state index in [0.717, 1.165) is 17.7 Å². The SMILES string of the molecule is CCO[C@@H]1[C@@H](OC)[C@H](C)O[C@@H](O[NH2+]Cc2ccc(-c3ncn(-c4ccc(OC(F)(F)C(F)(F)F)cc4)n3)cc2)[C@@H]1OC.[Cl-]. The third kappa shape index (κ3) is 8.17. The van der Waals surface area contributed by atoms with Crippen molar-refractivity contribution >= 4 is 0 Å². The lowest BCUT2D eigenvalue weighted by Crippen LogP contribution is -3.00. The molecule has 16 heteroatoms. The third-order valence-corrected chi connectivity index (χ3v) is 6.56. The lowest BCUT2D eigenvalue weighted by molar-refractivity contribution is -0.926. The summed E-state index contributed by atoms with van der Waals surface area (Å²) < 4.78 is 91.5. The van der Waals surface area contributed by atoms with Crippen LogP contribution < -0.4 is 22.6 Å². The fraction of sp³-hybridized carbons (Fsp3) is 0.481. The van der Waals surface area contributed by atoms with Gasteiger partial charge in [0.2, 0.25) is 6.29 Å². The second kappa shape index (κ2) is 14.7. The number of alkyl halides is 5. The summed E-state index contributed by atoms with van der Waals surface area (Å²) in [4.78, 5) is 10.2. The van der Waals surface area contributed by atoms with Crippen LogP contribution >= 0.6 is 0 Å². The second-order valence-corrected chi connectivity index (χ2v) is 9.36. The molecule has 0 saturated carbocycles. The first-order valence-electron chi connectivity index (χ1n) is 13.0. The summed E-state index contributed by atoms with van der Waals surface area (Å²) >= 11 is 0. The van der Waals surface area contributed by atoms with Crippen molar-refractivity contribution in [1.29, 1.82) is 0 Å². The molecule has 5 atom stereocenters. The van der Waals surface area contributed by atoms with E-state index in [9.17, 15) is 22.0 Å². The van der Waals surface area contributed by atoms with Crippen LogP contribution in [0.5, 0.6) is 5.75 Å². The van der Waals surface area contributed by atoms with E-state index in [1.165, 1.54) is 23.1 Å². The highest BCUT2D eigenvalue weighted by atomic mass is 35.5. The normalized spacial score (nSPS) is 22.7. The second-order valence-electron chi connectivity index (χ2n) is 9.36. The van der Waals surface area contributed by atoms with Gasteiger partial charge >= 0.3 is 12.3 Å². The molecule has 0 spiro atoms.